The highest BCUT2D eigenvalue weighted by atomic mass is 16.4. The van der Waals surface area contributed by atoms with E-state index in [1.807, 2.05) is 12.1 Å². The summed E-state index contributed by atoms with van der Waals surface area (Å²) in [5.74, 6) is -0.827. The van der Waals surface area contributed by atoms with Gasteiger partial charge in [-0.15, -0.1) is 0 Å². The molecule has 2 saturated heterocycles. The standard InChI is InChI=1S/C17H20N2O4/c20-15-6-5-14(18-15)16(21)19-9-7-11(8-10-19)12-3-1-2-4-13(12)17(22)23/h1-4,11,14H,5-10H2,(H,18,20)(H,22,23)/t14-/m1/s1. The van der Waals surface area contributed by atoms with Gasteiger partial charge in [0.15, 0.2) is 0 Å². The molecule has 6 heteroatoms. The van der Waals surface area contributed by atoms with Crippen LogP contribution in [0.3, 0.4) is 0 Å². The average Bonchev–Trinajstić information content (AvgIpc) is 3.01. The van der Waals surface area contributed by atoms with Crippen LogP contribution in [0.25, 0.3) is 0 Å². The highest BCUT2D eigenvalue weighted by Gasteiger charge is 2.33. The van der Waals surface area contributed by atoms with Crippen LogP contribution in [0.2, 0.25) is 0 Å². The minimum absolute atomic E-state index is 0.0131. The Morgan fingerprint density at radius 2 is 1.83 bits per heavy atom. The van der Waals surface area contributed by atoms with Gasteiger partial charge < -0.3 is 15.3 Å². The number of hydrogen-bond donors (Lipinski definition) is 2. The molecule has 23 heavy (non-hydrogen) atoms. The third kappa shape index (κ3) is 3.21. The molecule has 2 aliphatic heterocycles. The third-order valence-electron chi connectivity index (χ3n) is 4.73. The molecule has 122 valence electrons. The van der Waals surface area contributed by atoms with E-state index in [-0.39, 0.29) is 23.8 Å². The van der Waals surface area contributed by atoms with Crippen molar-refractivity contribution in [2.24, 2.45) is 0 Å². The number of likely N-dealkylation sites (tertiary alicyclic amines) is 1. The number of nitrogens with zero attached hydrogens (tertiary/aromatic N) is 1. The van der Waals surface area contributed by atoms with Gasteiger partial charge in [-0.1, -0.05) is 18.2 Å². The predicted octanol–water partition coefficient (Wildman–Crippen LogP) is 1.37. The first-order valence-corrected chi connectivity index (χ1v) is 7.96. The van der Waals surface area contributed by atoms with Crippen LogP contribution in [0, 0.1) is 0 Å². The van der Waals surface area contributed by atoms with Gasteiger partial charge in [0.1, 0.15) is 6.04 Å². The number of piperidine rings is 1. The smallest absolute Gasteiger partial charge is 0.335 e. The van der Waals surface area contributed by atoms with E-state index in [2.05, 4.69) is 5.32 Å². The molecule has 0 unspecified atom stereocenters. The zero-order valence-electron chi connectivity index (χ0n) is 12.8. The number of aromatic carboxylic acids is 1. The molecule has 1 aromatic carbocycles. The second-order valence-corrected chi connectivity index (χ2v) is 6.15. The van der Waals surface area contributed by atoms with Gasteiger partial charge in [0.25, 0.3) is 0 Å². The molecular formula is C17H20N2O4. The lowest BCUT2D eigenvalue weighted by Crippen LogP contribution is -2.47. The molecule has 6 nitrogen and oxygen atoms in total. The first kappa shape index (κ1) is 15.5. The Morgan fingerprint density at radius 1 is 1.13 bits per heavy atom. The van der Waals surface area contributed by atoms with Gasteiger partial charge in [-0.3, -0.25) is 9.59 Å². The summed E-state index contributed by atoms with van der Waals surface area (Å²) >= 11 is 0. The van der Waals surface area contributed by atoms with Gasteiger partial charge in [-0.2, -0.15) is 0 Å². The van der Waals surface area contributed by atoms with E-state index in [1.165, 1.54) is 0 Å². The zero-order chi connectivity index (χ0) is 16.4. The summed E-state index contributed by atoms with van der Waals surface area (Å²) in [7, 11) is 0. The van der Waals surface area contributed by atoms with Gasteiger partial charge in [0, 0.05) is 19.5 Å². The number of benzene rings is 1. The molecule has 0 bridgehead atoms. The highest BCUT2D eigenvalue weighted by Crippen LogP contribution is 2.31. The lowest BCUT2D eigenvalue weighted by atomic mass is 9.86. The minimum atomic E-state index is -0.909. The molecule has 1 atom stereocenters. The average molecular weight is 316 g/mol. The van der Waals surface area contributed by atoms with Crippen LogP contribution in [-0.4, -0.2) is 46.9 Å². The Hall–Kier alpha value is -2.37. The van der Waals surface area contributed by atoms with E-state index in [4.69, 9.17) is 0 Å². The normalized spacial score (nSPS) is 22.0. The van der Waals surface area contributed by atoms with Crippen molar-refractivity contribution in [2.45, 2.75) is 37.6 Å². The molecule has 2 fully saturated rings. The molecule has 1 aromatic rings. The maximum Gasteiger partial charge on any atom is 0.335 e. The fourth-order valence-corrected chi connectivity index (χ4v) is 3.48. The highest BCUT2D eigenvalue weighted by molar-refractivity contribution is 5.91. The van der Waals surface area contributed by atoms with Crippen LogP contribution in [0.1, 0.15) is 47.5 Å². The van der Waals surface area contributed by atoms with Crippen LogP contribution in [0.15, 0.2) is 24.3 Å². The topological polar surface area (TPSA) is 86.7 Å². The van der Waals surface area contributed by atoms with Crippen LogP contribution in [-0.2, 0) is 9.59 Å². The number of rotatable bonds is 3. The van der Waals surface area contributed by atoms with Crippen LogP contribution >= 0.6 is 0 Å². The Kier molecular flexibility index (Phi) is 4.32. The first-order chi connectivity index (χ1) is 11.1. The predicted molar refractivity (Wildman–Crippen MR) is 83.1 cm³/mol. The van der Waals surface area contributed by atoms with Crippen molar-refractivity contribution in [2.75, 3.05) is 13.1 Å². The van der Waals surface area contributed by atoms with E-state index in [9.17, 15) is 19.5 Å². The molecule has 2 N–H and O–H groups in total. The number of carbonyl (C=O) groups is 3. The maximum atomic E-state index is 12.4. The number of carboxylic acids is 1. The van der Waals surface area contributed by atoms with E-state index in [0.717, 1.165) is 18.4 Å². The van der Waals surface area contributed by atoms with Gasteiger partial charge in [0.05, 0.1) is 5.56 Å². The summed E-state index contributed by atoms with van der Waals surface area (Å²) < 4.78 is 0. The van der Waals surface area contributed by atoms with Crippen LogP contribution < -0.4 is 5.32 Å². The molecule has 0 aromatic heterocycles. The zero-order valence-corrected chi connectivity index (χ0v) is 12.8. The second kappa shape index (κ2) is 6.40. The van der Waals surface area contributed by atoms with E-state index < -0.39 is 5.97 Å². The Balaban J connectivity index is 1.64. The van der Waals surface area contributed by atoms with Gasteiger partial charge in [-0.05, 0) is 36.8 Å². The van der Waals surface area contributed by atoms with Gasteiger partial charge in [-0.25, -0.2) is 4.79 Å². The quantitative estimate of drug-likeness (QED) is 0.882. The maximum absolute atomic E-state index is 12.4. The lowest BCUT2D eigenvalue weighted by molar-refractivity contribution is -0.135. The van der Waals surface area contributed by atoms with Crippen molar-refractivity contribution in [1.29, 1.82) is 0 Å². The molecule has 3 rings (SSSR count). The molecule has 0 aliphatic carbocycles. The van der Waals surface area contributed by atoms with Gasteiger partial charge in [0.2, 0.25) is 11.8 Å². The molecule has 2 aliphatic rings. The molecule has 0 saturated carbocycles. The molecular weight excluding hydrogens is 296 g/mol. The summed E-state index contributed by atoms with van der Waals surface area (Å²) in [5, 5.41) is 12.0. The summed E-state index contributed by atoms with van der Waals surface area (Å²) in [4.78, 5) is 36.7. The van der Waals surface area contributed by atoms with E-state index >= 15 is 0 Å². The number of hydrogen-bond acceptors (Lipinski definition) is 3. The Bertz CT molecular complexity index is 635. The van der Waals surface area contributed by atoms with Crippen molar-refractivity contribution >= 4 is 17.8 Å². The Labute approximate surface area is 134 Å². The van der Waals surface area contributed by atoms with E-state index in [0.29, 0.717) is 31.5 Å². The molecule has 0 radical (unpaired) electrons. The summed E-state index contributed by atoms with van der Waals surface area (Å²) in [6.07, 6.45) is 2.48. The molecule has 2 amide bonds. The Morgan fingerprint density at radius 3 is 2.43 bits per heavy atom. The summed E-state index contributed by atoms with van der Waals surface area (Å²) in [5.41, 5.74) is 1.20. The second-order valence-electron chi connectivity index (χ2n) is 6.15. The SMILES string of the molecule is O=C1CC[C@H](C(=O)N2CCC(c3ccccc3C(=O)O)CC2)N1. The van der Waals surface area contributed by atoms with Crippen LogP contribution in [0.4, 0.5) is 0 Å². The first-order valence-electron chi connectivity index (χ1n) is 7.96. The largest absolute Gasteiger partial charge is 0.478 e. The van der Waals surface area contributed by atoms with Crippen molar-refractivity contribution in [3.05, 3.63) is 35.4 Å². The fraction of sp³-hybridized carbons (Fsp3) is 0.471. The van der Waals surface area contributed by atoms with Crippen molar-refractivity contribution in [1.82, 2.24) is 10.2 Å². The number of amides is 2. The van der Waals surface area contributed by atoms with E-state index in [1.54, 1.807) is 17.0 Å². The number of carbonyl (C=O) groups excluding carboxylic acids is 2. The summed E-state index contributed by atoms with van der Waals surface area (Å²) in [6, 6.07) is 6.69. The number of nitrogens with one attached hydrogen (secondary N) is 1. The minimum Gasteiger partial charge on any atom is -0.478 e. The third-order valence-corrected chi connectivity index (χ3v) is 4.73. The monoisotopic (exact) mass is 316 g/mol. The molecule has 0 spiro atoms. The van der Waals surface area contributed by atoms with Crippen molar-refractivity contribution < 1.29 is 19.5 Å². The van der Waals surface area contributed by atoms with Gasteiger partial charge >= 0.3 is 5.97 Å². The molecule has 2 heterocycles. The summed E-state index contributed by atoms with van der Waals surface area (Å²) in [6.45, 7) is 1.20. The van der Waals surface area contributed by atoms with Crippen LogP contribution in [0.5, 0.6) is 0 Å². The fourth-order valence-electron chi connectivity index (χ4n) is 3.48. The lowest BCUT2D eigenvalue weighted by Gasteiger charge is -2.34. The number of carboxylic acid groups (broad SMARTS) is 1. The van der Waals surface area contributed by atoms with Crippen molar-refractivity contribution in [3.63, 3.8) is 0 Å². The van der Waals surface area contributed by atoms with Crippen molar-refractivity contribution in [3.8, 4) is 0 Å².